The lowest BCUT2D eigenvalue weighted by Gasteiger charge is -2.29. The van der Waals surface area contributed by atoms with Crippen molar-refractivity contribution in [2.24, 2.45) is 0 Å². The molecule has 0 aliphatic heterocycles. The first-order valence-corrected chi connectivity index (χ1v) is 13.9. The molecular formula is C17H27BN2O6SSi. The molecule has 0 saturated carbocycles. The maximum absolute atomic E-state index is 13.4. The fraction of sp³-hybridized carbons (Fsp3) is 0.471. The zero-order valence-electron chi connectivity index (χ0n) is 17.0. The van der Waals surface area contributed by atoms with Crippen LogP contribution in [0, 0.1) is 13.8 Å². The van der Waals surface area contributed by atoms with Gasteiger partial charge < -0.3 is 19.3 Å². The van der Waals surface area contributed by atoms with Gasteiger partial charge in [-0.15, -0.1) is 0 Å². The third-order valence-electron chi connectivity index (χ3n) is 4.79. The number of benzene rings is 1. The van der Waals surface area contributed by atoms with Crippen molar-refractivity contribution in [2.75, 3.05) is 11.0 Å². The Kier molecular flexibility index (Phi) is 6.77. The molecule has 0 aliphatic carbocycles. The molecule has 0 amide bonds. The van der Waals surface area contributed by atoms with E-state index in [4.69, 9.17) is 9.26 Å². The molecule has 0 aliphatic rings. The monoisotopic (exact) mass is 426 g/mol. The molecule has 0 saturated heterocycles. The van der Waals surface area contributed by atoms with Gasteiger partial charge >= 0.3 is 7.12 Å². The Morgan fingerprint density at radius 3 is 2.36 bits per heavy atom. The predicted octanol–water partition coefficient (Wildman–Crippen LogP) is 1.41. The molecule has 2 N–H and O–H groups in total. The summed E-state index contributed by atoms with van der Waals surface area (Å²) in [5.41, 5.74) is 0.881. The molecule has 1 heterocycles. The predicted molar refractivity (Wildman–Crippen MR) is 111 cm³/mol. The summed E-state index contributed by atoms with van der Waals surface area (Å²) >= 11 is 0. The Labute approximate surface area is 167 Å². The lowest BCUT2D eigenvalue weighted by Crippen LogP contribution is -2.44. The third-order valence-corrected chi connectivity index (χ3v) is 9.17. The second-order valence-electron chi connectivity index (χ2n) is 7.77. The highest BCUT2D eigenvalue weighted by atomic mass is 32.2. The van der Waals surface area contributed by atoms with Crippen molar-refractivity contribution < 1.29 is 27.7 Å². The second-order valence-corrected chi connectivity index (χ2v) is 15.1. The van der Waals surface area contributed by atoms with Gasteiger partial charge in [0.2, 0.25) is 5.88 Å². The van der Waals surface area contributed by atoms with E-state index in [0.717, 1.165) is 4.31 Å². The minimum atomic E-state index is -4.21. The van der Waals surface area contributed by atoms with Crippen LogP contribution in [0.15, 0.2) is 33.7 Å². The first kappa shape index (κ1) is 22.6. The summed E-state index contributed by atoms with van der Waals surface area (Å²) in [4.78, 5) is -0.234. The lowest BCUT2D eigenvalue weighted by molar-refractivity contribution is 0.117. The van der Waals surface area contributed by atoms with Gasteiger partial charge in [-0.1, -0.05) is 43.0 Å². The van der Waals surface area contributed by atoms with Gasteiger partial charge in [-0.2, -0.15) is 0 Å². The van der Waals surface area contributed by atoms with Crippen LogP contribution < -0.4 is 9.77 Å². The minimum Gasteiger partial charge on any atom is -0.423 e. The fourth-order valence-electron chi connectivity index (χ4n) is 2.35. The molecule has 0 fully saturated rings. The van der Waals surface area contributed by atoms with Gasteiger partial charge in [-0.3, -0.25) is 0 Å². The summed E-state index contributed by atoms with van der Waals surface area (Å²) in [5, 5.41) is 23.1. The van der Waals surface area contributed by atoms with E-state index in [0.29, 0.717) is 11.3 Å². The standard InChI is InChI=1S/C17H27BN2O6SSi/c1-12-13(2)19-26-17(12)20(11-25-14(3)28(4,5)6)27(23,24)16-10-8-7-9-15(16)18(21)22/h7-10,14,21-22H,11H2,1-6H3. The first-order chi connectivity index (χ1) is 12.9. The normalized spacial score (nSPS) is 13.4. The number of rotatable bonds is 8. The van der Waals surface area contributed by atoms with Crippen molar-refractivity contribution >= 4 is 36.6 Å². The molecule has 0 spiro atoms. The summed E-state index contributed by atoms with van der Waals surface area (Å²) in [6, 6.07) is 5.71. The molecule has 1 unspecified atom stereocenters. The minimum absolute atomic E-state index is 0.0440. The fourth-order valence-corrected chi connectivity index (χ4v) is 4.47. The van der Waals surface area contributed by atoms with Gasteiger partial charge in [0.25, 0.3) is 10.0 Å². The summed E-state index contributed by atoms with van der Waals surface area (Å²) in [6.07, 6.45) is 0. The molecular weight excluding hydrogens is 399 g/mol. The maximum Gasteiger partial charge on any atom is 0.489 e. The maximum atomic E-state index is 13.4. The van der Waals surface area contributed by atoms with E-state index in [1.807, 2.05) is 6.92 Å². The molecule has 0 bridgehead atoms. The largest absolute Gasteiger partial charge is 0.489 e. The number of ether oxygens (including phenoxy) is 1. The number of aryl methyl sites for hydroxylation is 1. The number of nitrogens with zero attached hydrogens (tertiary/aromatic N) is 2. The van der Waals surface area contributed by atoms with Crippen molar-refractivity contribution in [1.82, 2.24) is 5.16 Å². The van der Waals surface area contributed by atoms with Gasteiger partial charge in [0.05, 0.1) is 18.7 Å². The van der Waals surface area contributed by atoms with E-state index in [1.165, 1.54) is 24.3 Å². The molecule has 154 valence electrons. The smallest absolute Gasteiger partial charge is 0.423 e. The Hall–Kier alpha value is -1.66. The van der Waals surface area contributed by atoms with Crippen molar-refractivity contribution in [1.29, 1.82) is 0 Å². The van der Waals surface area contributed by atoms with E-state index in [9.17, 15) is 18.5 Å². The molecule has 1 atom stereocenters. The number of anilines is 1. The lowest BCUT2D eigenvalue weighted by atomic mass is 9.80. The van der Waals surface area contributed by atoms with Crippen LogP contribution in [0.25, 0.3) is 0 Å². The molecule has 2 aromatic rings. The molecule has 28 heavy (non-hydrogen) atoms. The number of hydrogen-bond donors (Lipinski definition) is 2. The summed E-state index contributed by atoms with van der Waals surface area (Å²) in [5.74, 6) is 0.0440. The average Bonchev–Trinajstić information content (AvgIpc) is 2.93. The SMILES string of the molecule is Cc1noc(N(COC(C)[Si](C)(C)C)S(=O)(=O)c2ccccc2B(O)O)c1C. The van der Waals surface area contributed by atoms with Gasteiger partial charge in [0, 0.05) is 16.8 Å². The highest BCUT2D eigenvalue weighted by Crippen LogP contribution is 2.28. The Morgan fingerprint density at radius 1 is 1.25 bits per heavy atom. The van der Waals surface area contributed by atoms with Crippen molar-refractivity contribution in [3.05, 3.63) is 35.5 Å². The Bertz CT molecular complexity index is 926. The molecule has 0 radical (unpaired) electrons. The summed E-state index contributed by atoms with van der Waals surface area (Å²) < 4.78 is 39.0. The number of sulfonamides is 1. The van der Waals surface area contributed by atoms with Gasteiger partial charge in [0.1, 0.15) is 6.73 Å². The van der Waals surface area contributed by atoms with Crippen molar-refractivity contribution in [3.63, 3.8) is 0 Å². The van der Waals surface area contributed by atoms with E-state index < -0.39 is 25.2 Å². The Balaban J connectivity index is 2.54. The summed E-state index contributed by atoms with van der Waals surface area (Å²) in [6.45, 7) is 11.4. The average molecular weight is 426 g/mol. The van der Waals surface area contributed by atoms with Crippen LogP contribution in [-0.4, -0.2) is 51.3 Å². The van der Waals surface area contributed by atoms with E-state index in [-0.39, 0.29) is 28.7 Å². The van der Waals surface area contributed by atoms with Crippen molar-refractivity contribution in [3.8, 4) is 0 Å². The highest BCUT2D eigenvalue weighted by molar-refractivity contribution is 7.93. The quantitative estimate of drug-likeness (QED) is 0.485. The van der Waals surface area contributed by atoms with Crippen LogP contribution in [0.1, 0.15) is 18.2 Å². The van der Waals surface area contributed by atoms with Crippen LogP contribution >= 0.6 is 0 Å². The highest BCUT2D eigenvalue weighted by Gasteiger charge is 2.35. The van der Waals surface area contributed by atoms with Crippen LogP contribution in [0.2, 0.25) is 19.6 Å². The topological polar surface area (TPSA) is 113 Å². The van der Waals surface area contributed by atoms with Crippen LogP contribution in [0.4, 0.5) is 5.88 Å². The van der Waals surface area contributed by atoms with Gasteiger partial charge in [0.15, 0.2) is 0 Å². The molecule has 2 rings (SSSR count). The molecule has 8 nitrogen and oxygen atoms in total. The first-order valence-electron chi connectivity index (χ1n) is 8.89. The zero-order chi connectivity index (χ0) is 21.3. The van der Waals surface area contributed by atoms with Crippen LogP contribution in [0.5, 0.6) is 0 Å². The molecule has 1 aromatic heterocycles. The number of aromatic nitrogens is 1. The van der Waals surface area contributed by atoms with Gasteiger partial charge in [-0.05, 0) is 26.8 Å². The second kappa shape index (κ2) is 8.38. The van der Waals surface area contributed by atoms with Gasteiger partial charge in [-0.25, -0.2) is 12.7 Å². The zero-order valence-corrected chi connectivity index (χ0v) is 18.8. The molecule has 11 heteroatoms. The molecule has 1 aromatic carbocycles. The van der Waals surface area contributed by atoms with E-state index >= 15 is 0 Å². The summed E-state index contributed by atoms with van der Waals surface area (Å²) in [7, 11) is -7.82. The third kappa shape index (κ3) is 4.66. The van der Waals surface area contributed by atoms with Crippen LogP contribution in [-0.2, 0) is 14.8 Å². The van der Waals surface area contributed by atoms with Crippen molar-refractivity contribution in [2.45, 2.75) is 51.0 Å². The Morgan fingerprint density at radius 2 is 1.86 bits per heavy atom. The van der Waals surface area contributed by atoms with E-state index in [1.54, 1.807) is 13.8 Å². The number of hydrogen-bond acceptors (Lipinski definition) is 7. The van der Waals surface area contributed by atoms with E-state index in [2.05, 4.69) is 24.8 Å². The van der Waals surface area contributed by atoms with Crippen LogP contribution in [0.3, 0.4) is 0 Å².